The van der Waals surface area contributed by atoms with Crippen molar-refractivity contribution in [2.45, 2.75) is 26.3 Å². The number of amides is 2. The van der Waals surface area contributed by atoms with E-state index in [4.69, 9.17) is 0 Å². The predicted molar refractivity (Wildman–Crippen MR) is 76.9 cm³/mol. The first kappa shape index (κ1) is 15.0. The molecule has 2 amide bonds. The number of hydrogen-bond acceptors (Lipinski definition) is 4. The molecule has 1 fully saturated rings. The molecule has 1 aliphatic heterocycles. The van der Waals surface area contributed by atoms with E-state index in [2.05, 4.69) is 0 Å². The highest BCUT2D eigenvalue weighted by atomic mass is 16.6. The molecule has 0 spiro atoms. The zero-order chi connectivity index (χ0) is 15.6. The SMILES string of the molecule is CCC(=O)N1CCN(c2ccc([N+](=O)[O-])cc2)C(=O)[C@H]1C. The number of nitro benzene ring substituents is 1. The number of hydrogen-bond donors (Lipinski definition) is 0. The van der Waals surface area contributed by atoms with Gasteiger partial charge in [0, 0.05) is 37.3 Å². The Morgan fingerprint density at radius 1 is 1.33 bits per heavy atom. The second-order valence-corrected chi connectivity index (χ2v) is 4.88. The van der Waals surface area contributed by atoms with Gasteiger partial charge in [0.2, 0.25) is 11.8 Å². The molecule has 0 aromatic heterocycles. The van der Waals surface area contributed by atoms with E-state index in [1.807, 2.05) is 0 Å². The molecule has 0 radical (unpaired) electrons. The van der Waals surface area contributed by atoms with E-state index in [9.17, 15) is 19.7 Å². The molecule has 1 saturated heterocycles. The lowest BCUT2D eigenvalue weighted by atomic mass is 10.1. The summed E-state index contributed by atoms with van der Waals surface area (Å²) < 4.78 is 0. The molecule has 0 aliphatic carbocycles. The van der Waals surface area contributed by atoms with Crippen molar-refractivity contribution in [1.29, 1.82) is 0 Å². The molecule has 7 nitrogen and oxygen atoms in total. The van der Waals surface area contributed by atoms with Crippen LogP contribution in [0.4, 0.5) is 11.4 Å². The maximum atomic E-state index is 12.4. The van der Waals surface area contributed by atoms with Gasteiger partial charge in [-0.15, -0.1) is 0 Å². The van der Waals surface area contributed by atoms with Crippen LogP contribution in [-0.2, 0) is 9.59 Å². The van der Waals surface area contributed by atoms with E-state index in [1.54, 1.807) is 35.8 Å². The van der Waals surface area contributed by atoms with Gasteiger partial charge in [0.05, 0.1) is 4.92 Å². The number of non-ortho nitro benzene ring substituents is 1. The van der Waals surface area contributed by atoms with Crippen LogP contribution in [0.15, 0.2) is 24.3 Å². The third-order valence-electron chi connectivity index (χ3n) is 3.65. The maximum Gasteiger partial charge on any atom is 0.269 e. The minimum atomic E-state index is -0.513. The first-order chi connectivity index (χ1) is 9.95. The molecule has 0 saturated carbocycles. The fraction of sp³-hybridized carbons (Fsp3) is 0.429. The number of carbonyl (C=O) groups excluding carboxylic acids is 2. The molecule has 1 atom stereocenters. The van der Waals surface area contributed by atoms with Crippen LogP contribution in [0.2, 0.25) is 0 Å². The lowest BCUT2D eigenvalue weighted by molar-refractivity contribution is -0.384. The van der Waals surface area contributed by atoms with Gasteiger partial charge in [-0.1, -0.05) is 6.92 Å². The predicted octanol–water partition coefficient (Wildman–Crippen LogP) is 1.57. The van der Waals surface area contributed by atoms with Crippen LogP contribution < -0.4 is 4.90 Å². The summed E-state index contributed by atoms with van der Waals surface area (Å²) in [6.07, 6.45) is 0.370. The van der Waals surface area contributed by atoms with Gasteiger partial charge in [0.25, 0.3) is 5.69 Å². The van der Waals surface area contributed by atoms with Crippen LogP contribution in [0, 0.1) is 10.1 Å². The highest BCUT2D eigenvalue weighted by Gasteiger charge is 2.34. The minimum Gasteiger partial charge on any atom is -0.329 e. The fourth-order valence-electron chi connectivity index (χ4n) is 2.42. The standard InChI is InChI=1S/C14H17N3O4/c1-3-13(18)15-8-9-16(14(19)10(15)2)11-4-6-12(7-5-11)17(20)21/h4-7,10H,3,8-9H2,1-2H3/t10-/m1/s1. The minimum absolute atomic E-state index is 0.0148. The van der Waals surface area contributed by atoms with Gasteiger partial charge in [0.1, 0.15) is 6.04 Å². The van der Waals surface area contributed by atoms with E-state index >= 15 is 0 Å². The Morgan fingerprint density at radius 3 is 2.48 bits per heavy atom. The molecular weight excluding hydrogens is 274 g/mol. The van der Waals surface area contributed by atoms with E-state index in [0.717, 1.165) is 0 Å². The van der Waals surface area contributed by atoms with Crippen molar-refractivity contribution in [2.75, 3.05) is 18.0 Å². The summed E-state index contributed by atoms with van der Waals surface area (Å²) in [5, 5.41) is 10.6. The molecule has 1 aromatic rings. The Hall–Kier alpha value is -2.44. The van der Waals surface area contributed by atoms with Crippen molar-refractivity contribution in [2.24, 2.45) is 0 Å². The lowest BCUT2D eigenvalue weighted by Gasteiger charge is -2.39. The first-order valence-electron chi connectivity index (χ1n) is 6.81. The van der Waals surface area contributed by atoms with Crippen LogP contribution in [0.1, 0.15) is 20.3 Å². The molecule has 1 aliphatic rings. The first-order valence-corrected chi connectivity index (χ1v) is 6.81. The van der Waals surface area contributed by atoms with Crippen LogP contribution in [0.25, 0.3) is 0 Å². The average molecular weight is 291 g/mol. The normalized spacial score (nSPS) is 18.8. The zero-order valence-electron chi connectivity index (χ0n) is 12.0. The van der Waals surface area contributed by atoms with Gasteiger partial charge >= 0.3 is 0 Å². The summed E-state index contributed by atoms with van der Waals surface area (Å²) in [6, 6.07) is 5.34. The molecular formula is C14H17N3O4. The monoisotopic (exact) mass is 291 g/mol. The van der Waals surface area contributed by atoms with Crippen LogP contribution in [-0.4, -0.2) is 40.8 Å². The Morgan fingerprint density at radius 2 is 1.95 bits per heavy atom. The Bertz CT molecular complexity index is 570. The van der Waals surface area contributed by atoms with Gasteiger partial charge in [-0.25, -0.2) is 0 Å². The van der Waals surface area contributed by atoms with Gasteiger partial charge in [-0.3, -0.25) is 19.7 Å². The van der Waals surface area contributed by atoms with Crippen molar-refractivity contribution < 1.29 is 14.5 Å². The van der Waals surface area contributed by atoms with Crippen LogP contribution in [0.3, 0.4) is 0 Å². The molecule has 0 N–H and O–H groups in total. The number of rotatable bonds is 3. The van der Waals surface area contributed by atoms with E-state index < -0.39 is 11.0 Å². The second kappa shape index (κ2) is 5.90. The van der Waals surface area contributed by atoms with Gasteiger partial charge in [0.15, 0.2) is 0 Å². The van der Waals surface area contributed by atoms with Crippen molar-refractivity contribution in [3.63, 3.8) is 0 Å². The molecule has 112 valence electrons. The van der Waals surface area contributed by atoms with Crippen molar-refractivity contribution in [1.82, 2.24) is 4.90 Å². The van der Waals surface area contributed by atoms with Crippen molar-refractivity contribution in [3.8, 4) is 0 Å². The van der Waals surface area contributed by atoms with E-state index in [-0.39, 0.29) is 17.5 Å². The third-order valence-corrected chi connectivity index (χ3v) is 3.65. The van der Waals surface area contributed by atoms with Crippen molar-refractivity contribution >= 4 is 23.2 Å². The second-order valence-electron chi connectivity index (χ2n) is 4.88. The zero-order valence-corrected chi connectivity index (χ0v) is 12.0. The molecule has 0 bridgehead atoms. The quantitative estimate of drug-likeness (QED) is 0.625. The highest BCUT2D eigenvalue weighted by molar-refractivity contribution is 6.00. The number of piperazine rings is 1. The number of nitrogens with zero attached hydrogens (tertiary/aromatic N) is 3. The highest BCUT2D eigenvalue weighted by Crippen LogP contribution is 2.23. The molecule has 7 heteroatoms. The molecule has 21 heavy (non-hydrogen) atoms. The van der Waals surface area contributed by atoms with Gasteiger partial charge in [-0.05, 0) is 19.1 Å². The molecule has 1 aromatic carbocycles. The van der Waals surface area contributed by atoms with Gasteiger partial charge in [-0.2, -0.15) is 0 Å². The van der Waals surface area contributed by atoms with Crippen molar-refractivity contribution in [3.05, 3.63) is 34.4 Å². The largest absolute Gasteiger partial charge is 0.329 e. The van der Waals surface area contributed by atoms with Crippen LogP contribution >= 0.6 is 0 Å². The summed E-state index contributed by atoms with van der Waals surface area (Å²) in [7, 11) is 0. The summed E-state index contributed by atoms with van der Waals surface area (Å²) in [6.45, 7) is 4.33. The Balaban J connectivity index is 2.17. The van der Waals surface area contributed by atoms with Gasteiger partial charge < -0.3 is 9.80 Å². The molecule has 2 rings (SSSR count). The molecule has 0 unspecified atom stereocenters. The summed E-state index contributed by atoms with van der Waals surface area (Å²) in [5.41, 5.74) is 0.597. The summed E-state index contributed by atoms with van der Waals surface area (Å²) in [5.74, 6) is -0.212. The smallest absolute Gasteiger partial charge is 0.269 e. The number of anilines is 1. The van der Waals surface area contributed by atoms with Crippen LogP contribution in [0.5, 0.6) is 0 Å². The summed E-state index contributed by atoms with van der Waals surface area (Å²) in [4.78, 5) is 37.4. The average Bonchev–Trinajstić information content (AvgIpc) is 2.49. The summed E-state index contributed by atoms with van der Waals surface area (Å²) >= 11 is 0. The third kappa shape index (κ3) is 2.86. The Kier molecular flexibility index (Phi) is 4.21. The number of nitro groups is 1. The Labute approximate surface area is 122 Å². The fourth-order valence-corrected chi connectivity index (χ4v) is 2.42. The topological polar surface area (TPSA) is 83.8 Å². The lowest BCUT2D eigenvalue weighted by Crippen LogP contribution is -2.57. The number of carbonyl (C=O) groups is 2. The van der Waals surface area contributed by atoms with E-state index in [1.165, 1.54) is 12.1 Å². The number of benzene rings is 1. The maximum absolute atomic E-state index is 12.4. The molecule has 1 heterocycles. The van der Waals surface area contributed by atoms with E-state index in [0.29, 0.717) is 25.2 Å².